The minimum atomic E-state index is -0.914. The average Bonchev–Trinajstić information content (AvgIpc) is 3.35. The first-order chi connectivity index (χ1) is 17.3. The normalized spacial score (nSPS) is 15.3. The molecule has 2 atom stereocenters. The van der Waals surface area contributed by atoms with E-state index in [9.17, 15) is 9.90 Å². The van der Waals surface area contributed by atoms with Crippen LogP contribution in [0.15, 0.2) is 41.7 Å². The van der Waals surface area contributed by atoms with Gasteiger partial charge in [0.25, 0.3) is 0 Å². The minimum Gasteiger partial charge on any atom is -0.481 e. The van der Waals surface area contributed by atoms with Crippen LogP contribution < -0.4 is 0 Å². The Labute approximate surface area is 211 Å². The lowest BCUT2D eigenvalue weighted by Crippen LogP contribution is -2.23. The zero-order chi connectivity index (χ0) is 25.6. The van der Waals surface area contributed by atoms with Crippen LogP contribution in [0.3, 0.4) is 0 Å². The molecule has 9 nitrogen and oxygen atoms in total. The molecule has 1 aliphatic heterocycles. The molecule has 0 radical (unpaired) electrons. The number of thiophene rings is 1. The summed E-state index contributed by atoms with van der Waals surface area (Å²) >= 11 is 1.63. The van der Waals surface area contributed by atoms with E-state index in [4.69, 9.17) is 10.3 Å². The number of carboxylic acids is 1. The number of aliphatic imine (C=N–C) groups is 1. The van der Waals surface area contributed by atoms with Crippen molar-refractivity contribution in [2.45, 2.75) is 40.2 Å². The second-order valence-electron chi connectivity index (χ2n) is 8.66. The van der Waals surface area contributed by atoms with Crippen LogP contribution in [0.25, 0.3) is 16.3 Å². The van der Waals surface area contributed by atoms with Crippen LogP contribution in [-0.4, -0.2) is 41.5 Å². The summed E-state index contributed by atoms with van der Waals surface area (Å²) in [5.41, 5.74) is 5.43. The second-order valence-corrected chi connectivity index (χ2v) is 9.86. The first-order valence-electron chi connectivity index (χ1n) is 11.5. The summed E-state index contributed by atoms with van der Waals surface area (Å²) in [6, 6.07) is 10.8. The van der Waals surface area contributed by atoms with Crippen molar-refractivity contribution in [3.63, 3.8) is 0 Å². The summed E-state index contributed by atoms with van der Waals surface area (Å²) < 4.78 is 1.96. The molecule has 5 rings (SSSR count). The van der Waals surface area contributed by atoms with Gasteiger partial charge in [0.15, 0.2) is 5.82 Å². The van der Waals surface area contributed by atoms with Gasteiger partial charge in [0.1, 0.15) is 35.0 Å². The van der Waals surface area contributed by atoms with Crippen molar-refractivity contribution in [2.75, 3.05) is 0 Å². The fourth-order valence-electron chi connectivity index (χ4n) is 4.52. The zero-order valence-electron chi connectivity index (χ0n) is 20.2. The van der Waals surface area contributed by atoms with Crippen molar-refractivity contribution >= 4 is 23.0 Å². The van der Waals surface area contributed by atoms with Gasteiger partial charge in [0.05, 0.1) is 17.3 Å². The Morgan fingerprint density at radius 2 is 1.89 bits per heavy atom. The van der Waals surface area contributed by atoms with E-state index < -0.39 is 17.9 Å². The maximum absolute atomic E-state index is 12.2. The van der Waals surface area contributed by atoms with E-state index in [2.05, 4.69) is 34.0 Å². The van der Waals surface area contributed by atoms with E-state index in [-0.39, 0.29) is 0 Å². The number of carboxylic acid groups (broad SMARTS) is 1. The van der Waals surface area contributed by atoms with Crippen LogP contribution in [0.2, 0.25) is 0 Å². The molecular weight excluding hydrogens is 474 g/mol. The number of fused-ring (bicyclic) bond motifs is 3. The lowest BCUT2D eigenvalue weighted by molar-refractivity contribution is -0.142. The average molecular weight is 498 g/mol. The van der Waals surface area contributed by atoms with E-state index in [1.54, 1.807) is 17.4 Å². The van der Waals surface area contributed by atoms with Crippen LogP contribution in [0, 0.1) is 38.0 Å². The van der Waals surface area contributed by atoms with Crippen molar-refractivity contribution in [1.29, 1.82) is 5.26 Å². The SMILES string of the molecule is CCC(C(=O)O)[C@@H]1N=C(c2ccc(-c3cc(C#N)ncn3)cc2)c2c(sc(C)c2C)-n2c(C)nnc21. The van der Waals surface area contributed by atoms with E-state index in [0.29, 0.717) is 29.5 Å². The highest BCUT2D eigenvalue weighted by atomic mass is 32.1. The van der Waals surface area contributed by atoms with Gasteiger partial charge in [-0.05, 0) is 32.8 Å². The van der Waals surface area contributed by atoms with Crippen LogP contribution in [0.4, 0.5) is 0 Å². The van der Waals surface area contributed by atoms with Gasteiger partial charge in [0, 0.05) is 27.6 Å². The third-order valence-electron chi connectivity index (χ3n) is 6.56. The fraction of sp³-hybridized carbons (Fsp3) is 0.269. The summed E-state index contributed by atoms with van der Waals surface area (Å²) in [6.45, 7) is 7.86. The highest BCUT2D eigenvalue weighted by Crippen LogP contribution is 2.41. The smallest absolute Gasteiger partial charge is 0.309 e. The van der Waals surface area contributed by atoms with Crippen molar-refractivity contribution in [1.82, 2.24) is 24.7 Å². The highest BCUT2D eigenvalue weighted by molar-refractivity contribution is 7.15. The molecule has 0 amide bonds. The second kappa shape index (κ2) is 9.09. The molecule has 1 aliphatic rings. The van der Waals surface area contributed by atoms with Gasteiger partial charge >= 0.3 is 5.97 Å². The van der Waals surface area contributed by atoms with Crippen LogP contribution in [0.1, 0.15) is 58.3 Å². The third-order valence-corrected chi connectivity index (χ3v) is 7.76. The Morgan fingerprint density at radius 3 is 2.56 bits per heavy atom. The summed E-state index contributed by atoms with van der Waals surface area (Å²) in [5.74, 6) is -0.423. The quantitative estimate of drug-likeness (QED) is 0.427. The molecule has 180 valence electrons. The number of nitriles is 1. The fourth-order valence-corrected chi connectivity index (χ4v) is 5.74. The number of aliphatic carboxylic acids is 1. The van der Waals surface area contributed by atoms with Crippen LogP contribution >= 0.6 is 11.3 Å². The molecule has 0 bridgehead atoms. The lowest BCUT2D eigenvalue weighted by Gasteiger charge is -2.18. The molecule has 0 aliphatic carbocycles. The first-order valence-corrected chi connectivity index (χ1v) is 12.3. The summed E-state index contributed by atoms with van der Waals surface area (Å²) in [5, 5.41) is 28.8. The molecule has 3 aromatic heterocycles. The lowest BCUT2D eigenvalue weighted by atomic mass is 9.95. The molecule has 4 heterocycles. The predicted octanol–water partition coefficient (Wildman–Crippen LogP) is 4.59. The number of aromatic nitrogens is 5. The number of rotatable bonds is 5. The van der Waals surface area contributed by atoms with E-state index >= 15 is 0 Å². The summed E-state index contributed by atoms with van der Waals surface area (Å²) in [7, 11) is 0. The zero-order valence-corrected chi connectivity index (χ0v) is 21.0. The molecule has 4 aromatic rings. The molecular formula is C26H23N7O2S. The largest absolute Gasteiger partial charge is 0.481 e. The number of hydrogen-bond donors (Lipinski definition) is 1. The van der Waals surface area contributed by atoms with Gasteiger partial charge in [-0.2, -0.15) is 5.26 Å². The van der Waals surface area contributed by atoms with Crippen molar-refractivity contribution < 1.29 is 9.90 Å². The topological polar surface area (TPSA) is 130 Å². The molecule has 0 saturated carbocycles. The number of nitrogens with zero attached hydrogens (tertiary/aromatic N) is 7. The van der Waals surface area contributed by atoms with E-state index in [0.717, 1.165) is 37.8 Å². The Hall–Kier alpha value is -4.23. The molecule has 1 unspecified atom stereocenters. The van der Waals surface area contributed by atoms with Gasteiger partial charge in [-0.3, -0.25) is 14.4 Å². The van der Waals surface area contributed by atoms with Crippen LogP contribution in [-0.2, 0) is 4.79 Å². The van der Waals surface area contributed by atoms with Crippen LogP contribution in [0.5, 0.6) is 0 Å². The maximum Gasteiger partial charge on any atom is 0.309 e. The van der Waals surface area contributed by atoms with Gasteiger partial charge in [0.2, 0.25) is 0 Å². The molecule has 0 spiro atoms. The van der Waals surface area contributed by atoms with Crippen molar-refractivity contribution in [2.24, 2.45) is 10.9 Å². The standard InChI is InChI=1S/C26H23N7O2S/c1-5-19(26(34)35)23-24-32-31-15(4)33(24)25-21(13(2)14(3)36-25)22(30-23)17-8-6-16(7-9-17)20-10-18(11-27)28-12-29-20/h6-10,12,19,23H,5H2,1-4H3,(H,34,35)/t19?,23-/m0/s1. The van der Waals surface area contributed by atoms with Crippen molar-refractivity contribution in [3.05, 3.63) is 75.6 Å². The minimum absolute atomic E-state index is 0.298. The third kappa shape index (κ3) is 3.78. The highest BCUT2D eigenvalue weighted by Gasteiger charge is 2.37. The number of carbonyl (C=O) groups is 1. The first kappa shape index (κ1) is 23.5. The summed E-state index contributed by atoms with van der Waals surface area (Å²) in [4.78, 5) is 26.7. The number of hydrogen-bond acceptors (Lipinski definition) is 8. The number of aryl methyl sites for hydroxylation is 2. The predicted molar refractivity (Wildman–Crippen MR) is 135 cm³/mol. The molecule has 10 heteroatoms. The van der Waals surface area contributed by atoms with Crippen molar-refractivity contribution in [3.8, 4) is 22.3 Å². The van der Waals surface area contributed by atoms with Gasteiger partial charge in [-0.15, -0.1) is 21.5 Å². The van der Waals surface area contributed by atoms with Gasteiger partial charge < -0.3 is 5.11 Å². The monoisotopic (exact) mass is 497 g/mol. The van der Waals surface area contributed by atoms with E-state index in [1.165, 1.54) is 6.33 Å². The summed E-state index contributed by atoms with van der Waals surface area (Å²) in [6.07, 6.45) is 1.78. The molecule has 0 fully saturated rings. The van der Waals surface area contributed by atoms with Gasteiger partial charge in [-0.25, -0.2) is 9.97 Å². The Bertz CT molecular complexity index is 1560. The Kier molecular flexibility index (Phi) is 5.94. The van der Waals surface area contributed by atoms with Gasteiger partial charge in [-0.1, -0.05) is 31.2 Å². The molecule has 1 N–H and O–H groups in total. The molecule has 36 heavy (non-hydrogen) atoms. The maximum atomic E-state index is 12.2. The van der Waals surface area contributed by atoms with E-state index in [1.807, 2.05) is 48.7 Å². The Morgan fingerprint density at radius 1 is 1.17 bits per heavy atom. The molecule has 1 aromatic carbocycles. The Balaban J connectivity index is 1.71. The number of benzene rings is 1. The molecule has 0 saturated heterocycles.